The Balaban J connectivity index is 2.24. The van der Waals surface area contributed by atoms with Gasteiger partial charge in [-0.15, -0.1) is 0 Å². The number of fused-ring (bicyclic) bond motifs is 1. The number of hydrogen-bond donors (Lipinski definition) is 1. The predicted octanol–water partition coefficient (Wildman–Crippen LogP) is 3.21. The van der Waals surface area contributed by atoms with Gasteiger partial charge in [-0.25, -0.2) is 0 Å². The van der Waals surface area contributed by atoms with Gasteiger partial charge in [0.25, 0.3) is 0 Å². The molecular formula is C14H16N4OS. The molecule has 5 nitrogen and oxygen atoms in total. The maximum atomic E-state index is 5.82. The molecule has 20 heavy (non-hydrogen) atoms. The van der Waals surface area contributed by atoms with Crippen LogP contribution in [-0.2, 0) is 7.05 Å². The monoisotopic (exact) mass is 288 g/mol. The van der Waals surface area contributed by atoms with Gasteiger partial charge in [0.1, 0.15) is 11.3 Å². The summed E-state index contributed by atoms with van der Waals surface area (Å²) < 4.78 is 10.1. The number of nitrogens with one attached hydrogen (secondary N) is 1. The Morgan fingerprint density at radius 1 is 1.30 bits per heavy atom. The molecule has 0 spiro atoms. The molecule has 0 saturated carbocycles. The fourth-order valence-electron chi connectivity index (χ4n) is 2.21. The fraction of sp³-hybridized carbons (Fsp3) is 0.286. The number of rotatable bonds is 3. The molecule has 0 bridgehead atoms. The molecule has 6 heteroatoms. The lowest BCUT2D eigenvalue weighted by atomic mass is 10.3. The van der Waals surface area contributed by atoms with Gasteiger partial charge in [-0.3, -0.25) is 9.25 Å². The van der Waals surface area contributed by atoms with E-state index in [1.807, 2.05) is 55.9 Å². The van der Waals surface area contributed by atoms with Crippen molar-refractivity contribution in [1.82, 2.24) is 19.3 Å². The lowest BCUT2D eigenvalue weighted by molar-refractivity contribution is 0.245. The minimum Gasteiger partial charge on any atom is -0.489 e. The first-order chi connectivity index (χ1) is 9.56. The second kappa shape index (κ2) is 4.79. The minimum absolute atomic E-state index is 0.112. The highest BCUT2D eigenvalue weighted by Gasteiger charge is 2.12. The van der Waals surface area contributed by atoms with Crippen LogP contribution in [0, 0.1) is 4.77 Å². The van der Waals surface area contributed by atoms with Crippen LogP contribution in [0.4, 0.5) is 0 Å². The Labute approximate surface area is 121 Å². The highest BCUT2D eigenvalue weighted by molar-refractivity contribution is 7.71. The molecule has 3 rings (SSSR count). The summed E-state index contributed by atoms with van der Waals surface area (Å²) >= 11 is 5.42. The van der Waals surface area contributed by atoms with Gasteiger partial charge < -0.3 is 9.72 Å². The molecule has 0 aliphatic heterocycles. The van der Waals surface area contributed by atoms with Crippen molar-refractivity contribution in [3.8, 4) is 11.6 Å². The van der Waals surface area contributed by atoms with E-state index in [-0.39, 0.29) is 6.10 Å². The van der Waals surface area contributed by atoms with E-state index in [9.17, 15) is 0 Å². The second-order valence-electron chi connectivity index (χ2n) is 4.93. The summed E-state index contributed by atoms with van der Waals surface area (Å²) in [7, 11) is 1.88. The van der Waals surface area contributed by atoms with Gasteiger partial charge in [-0.1, -0.05) is 6.07 Å². The van der Waals surface area contributed by atoms with Crippen molar-refractivity contribution in [1.29, 1.82) is 0 Å². The molecular weight excluding hydrogens is 272 g/mol. The van der Waals surface area contributed by atoms with Gasteiger partial charge in [-0.2, -0.15) is 5.10 Å². The molecule has 0 aliphatic carbocycles. The van der Waals surface area contributed by atoms with Crippen LogP contribution >= 0.6 is 12.2 Å². The number of H-pyrrole nitrogens is 1. The van der Waals surface area contributed by atoms with Gasteiger partial charge >= 0.3 is 0 Å². The SMILES string of the molecule is CC(C)Oc1cccc2c1[nH]c(=S)n2-c1ccn(C)n1. The summed E-state index contributed by atoms with van der Waals surface area (Å²) in [6.07, 6.45) is 2.01. The Morgan fingerprint density at radius 3 is 2.75 bits per heavy atom. The molecule has 104 valence electrons. The Bertz CT molecular complexity index is 812. The maximum Gasteiger partial charge on any atom is 0.184 e. The molecule has 0 amide bonds. The first-order valence-electron chi connectivity index (χ1n) is 6.46. The maximum absolute atomic E-state index is 5.82. The predicted molar refractivity (Wildman–Crippen MR) is 81.0 cm³/mol. The van der Waals surface area contributed by atoms with Gasteiger partial charge in [0, 0.05) is 19.3 Å². The Kier molecular flexibility index (Phi) is 3.10. The third kappa shape index (κ3) is 2.12. The summed E-state index contributed by atoms with van der Waals surface area (Å²) in [5, 5.41) is 4.41. The van der Waals surface area contributed by atoms with Crippen molar-refractivity contribution in [2.75, 3.05) is 0 Å². The largest absolute Gasteiger partial charge is 0.489 e. The van der Waals surface area contributed by atoms with E-state index in [0.29, 0.717) is 4.77 Å². The molecule has 0 aliphatic rings. The van der Waals surface area contributed by atoms with E-state index in [1.54, 1.807) is 4.68 Å². The average Bonchev–Trinajstić information content (AvgIpc) is 2.92. The first-order valence-corrected chi connectivity index (χ1v) is 6.87. The summed E-state index contributed by atoms with van der Waals surface area (Å²) in [6.45, 7) is 4.01. The zero-order valence-electron chi connectivity index (χ0n) is 11.6. The number of aromatic nitrogens is 4. The standard InChI is InChI=1S/C14H16N4OS/c1-9(2)19-11-6-4-5-10-13(11)15-14(20)18(10)12-7-8-17(3)16-12/h4-9H,1-3H3,(H,15,20). The van der Waals surface area contributed by atoms with E-state index in [4.69, 9.17) is 17.0 Å². The van der Waals surface area contributed by atoms with Crippen LogP contribution in [-0.4, -0.2) is 25.4 Å². The normalized spacial score (nSPS) is 11.4. The molecule has 0 radical (unpaired) electrons. The molecule has 1 N–H and O–H groups in total. The average molecular weight is 288 g/mol. The number of ether oxygens (including phenoxy) is 1. The third-order valence-electron chi connectivity index (χ3n) is 2.97. The summed E-state index contributed by atoms with van der Waals surface area (Å²) in [5.41, 5.74) is 1.86. The van der Waals surface area contributed by atoms with E-state index >= 15 is 0 Å². The lowest BCUT2D eigenvalue weighted by Gasteiger charge is -2.10. The first kappa shape index (κ1) is 12.9. The minimum atomic E-state index is 0.112. The molecule has 0 fully saturated rings. The number of nitrogens with zero attached hydrogens (tertiary/aromatic N) is 3. The van der Waals surface area contributed by atoms with Crippen LogP contribution in [0.3, 0.4) is 0 Å². The number of aryl methyl sites for hydroxylation is 1. The Morgan fingerprint density at radius 2 is 2.10 bits per heavy atom. The van der Waals surface area contributed by atoms with Crippen LogP contribution in [0.2, 0.25) is 0 Å². The number of imidazole rings is 1. The van der Waals surface area contributed by atoms with Gasteiger partial charge in [0.15, 0.2) is 10.6 Å². The van der Waals surface area contributed by atoms with Gasteiger partial charge in [0.05, 0.1) is 11.6 Å². The van der Waals surface area contributed by atoms with Crippen molar-refractivity contribution in [2.24, 2.45) is 7.05 Å². The van der Waals surface area contributed by atoms with E-state index in [1.165, 1.54) is 0 Å². The van der Waals surface area contributed by atoms with Crippen molar-refractivity contribution in [3.63, 3.8) is 0 Å². The quantitative estimate of drug-likeness (QED) is 0.753. The van der Waals surface area contributed by atoms with Crippen LogP contribution in [0.15, 0.2) is 30.5 Å². The zero-order valence-corrected chi connectivity index (χ0v) is 12.4. The molecule has 3 aromatic rings. The van der Waals surface area contributed by atoms with Gasteiger partial charge in [0.2, 0.25) is 0 Å². The molecule has 2 heterocycles. The van der Waals surface area contributed by atoms with E-state index < -0.39 is 0 Å². The van der Waals surface area contributed by atoms with Crippen molar-refractivity contribution >= 4 is 23.3 Å². The summed E-state index contributed by atoms with van der Waals surface area (Å²) in [4.78, 5) is 3.21. The molecule has 0 unspecified atom stereocenters. The third-order valence-corrected chi connectivity index (χ3v) is 3.26. The Hall–Kier alpha value is -2.08. The zero-order chi connectivity index (χ0) is 14.3. The van der Waals surface area contributed by atoms with Crippen LogP contribution in [0.25, 0.3) is 16.9 Å². The van der Waals surface area contributed by atoms with Crippen molar-refractivity contribution in [2.45, 2.75) is 20.0 Å². The molecule has 1 aromatic carbocycles. The second-order valence-corrected chi connectivity index (χ2v) is 5.32. The fourth-order valence-corrected chi connectivity index (χ4v) is 2.50. The highest BCUT2D eigenvalue weighted by atomic mass is 32.1. The molecule has 0 saturated heterocycles. The van der Waals surface area contributed by atoms with E-state index in [0.717, 1.165) is 22.6 Å². The van der Waals surface area contributed by atoms with Crippen molar-refractivity contribution < 1.29 is 4.74 Å². The van der Waals surface area contributed by atoms with Crippen LogP contribution < -0.4 is 4.74 Å². The summed E-state index contributed by atoms with van der Waals surface area (Å²) in [6, 6.07) is 7.83. The van der Waals surface area contributed by atoms with Crippen LogP contribution in [0.1, 0.15) is 13.8 Å². The van der Waals surface area contributed by atoms with E-state index in [2.05, 4.69) is 10.1 Å². The topological polar surface area (TPSA) is 47.8 Å². The summed E-state index contributed by atoms with van der Waals surface area (Å²) in [5.74, 6) is 1.60. The van der Waals surface area contributed by atoms with Gasteiger partial charge in [-0.05, 0) is 38.2 Å². The molecule has 0 atom stereocenters. The molecule has 2 aromatic heterocycles. The number of hydrogen-bond acceptors (Lipinski definition) is 3. The van der Waals surface area contributed by atoms with Crippen molar-refractivity contribution in [3.05, 3.63) is 35.2 Å². The van der Waals surface area contributed by atoms with Crippen LogP contribution in [0.5, 0.6) is 5.75 Å². The number of aromatic amines is 1. The number of para-hydroxylation sites is 1. The lowest BCUT2D eigenvalue weighted by Crippen LogP contribution is -2.05. The smallest absolute Gasteiger partial charge is 0.184 e. The highest BCUT2D eigenvalue weighted by Crippen LogP contribution is 2.27. The number of benzene rings is 1.